The van der Waals surface area contributed by atoms with E-state index in [1.54, 1.807) is 0 Å². The molecule has 0 amide bonds. The van der Waals surface area contributed by atoms with Gasteiger partial charge in [-0.3, -0.25) is 4.68 Å². The van der Waals surface area contributed by atoms with E-state index in [9.17, 15) is 0 Å². The van der Waals surface area contributed by atoms with Gasteiger partial charge in [-0.25, -0.2) is 0 Å². The Morgan fingerprint density at radius 3 is 2.87 bits per heavy atom. The molecule has 1 rings (SSSR count). The van der Waals surface area contributed by atoms with Gasteiger partial charge in [-0.05, 0) is 55.2 Å². The fourth-order valence-electron chi connectivity index (χ4n) is 1.59. The first kappa shape index (κ1) is 12.7. The molecule has 0 bridgehead atoms. The normalized spacial score (nSPS) is 10.9. The highest BCUT2D eigenvalue weighted by atomic mass is 79.9. The molecule has 4 heteroatoms. The van der Waals surface area contributed by atoms with Crippen LogP contribution in [0.15, 0.2) is 10.7 Å². The second-order valence-electron chi connectivity index (χ2n) is 3.61. The van der Waals surface area contributed by atoms with Crippen molar-refractivity contribution in [2.75, 3.05) is 13.1 Å². The number of hydrogen-bond donors (Lipinski definition) is 1. The zero-order chi connectivity index (χ0) is 11.1. The van der Waals surface area contributed by atoms with Gasteiger partial charge in [0.1, 0.15) is 0 Å². The molecule has 1 heterocycles. The Bertz CT molecular complexity index is 283. The van der Waals surface area contributed by atoms with Crippen molar-refractivity contribution in [3.05, 3.63) is 16.4 Å². The lowest BCUT2D eigenvalue weighted by atomic mass is 10.2. The molecule has 0 aliphatic rings. The van der Waals surface area contributed by atoms with E-state index in [0.29, 0.717) is 0 Å². The lowest BCUT2D eigenvalue weighted by Gasteiger charge is -2.06. The van der Waals surface area contributed by atoms with E-state index < -0.39 is 0 Å². The van der Waals surface area contributed by atoms with Crippen LogP contribution in [0.1, 0.15) is 32.4 Å². The molecular weight excluding hydrogens is 254 g/mol. The lowest BCUT2D eigenvalue weighted by Crippen LogP contribution is -2.17. The van der Waals surface area contributed by atoms with Crippen LogP contribution in [0, 0.1) is 0 Å². The summed E-state index contributed by atoms with van der Waals surface area (Å²) >= 11 is 3.54. The summed E-state index contributed by atoms with van der Waals surface area (Å²) in [5, 5.41) is 7.71. The molecule has 1 N–H and O–H groups in total. The van der Waals surface area contributed by atoms with Gasteiger partial charge in [-0.15, -0.1) is 0 Å². The zero-order valence-electron chi connectivity index (χ0n) is 9.59. The highest BCUT2D eigenvalue weighted by Gasteiger charge is 2.06. The number of nitrogens with one attached hydrogen (secondary N) is 1. The van der Waals surface area contributed by atoms with Gasteiger partial charge in [0.15, 0.2) is 0 Å². The number of nitrogens with zero attached hydrogens (tertiary/aromatic N) is 2. The summed E-state index contributed by atoms with van der Waals surface area (Å²) in [6.07, 6.45) is 5.35. The molecule has 0 atom stereocenters. The van der Waals surface area contributed by atoms with Gasteiger partial charge in [0, 0.05) is 6.54 Å². The van der Waals surface area contributed by atoms with Gasteiger partial charge < -0.3 is 5.32 Å². The number of aryl methyl sites for hydroxylation is 1. The fraction of sp³-hybridized carbons (Fsp3) is 0.727. The smallest absolute Gasteiger partial charge is 0.0635 e. The summed E-state index contributed by atoms with van der Waals surface area (Å²) in [7, 11) is 0. The Labute approximate surface area is 100 Å². The van der Waals surface area contributed by atoms with Crippen molar-refractivity contribution in [3.63, 3.8) is 0 Å². The Morgan fingerprint density at radius 2 is 2.20 bits per heavy atom. The van der Waals surface area contributed by atoms with E-state index in [2.05, 4.69) is 44.9 Å². The topological polar surface area (TPSA) is 29.9 Å². The van der Waals surface area contributed by atoms with Gasteiger partial charge in [-0.2, -0.15) is 5.10 Å². The quantitative estimate of drug-likeness (QED) is 0.774. The van der Waals surface area contributed by atoms with E-state index in [1.165, 1.54) is 18.5 Å². The minimum Gasteiger partial charge on any atom is -0.317 e. The first-order valence-corrected chi connectivity index (χ1v) is 6.49. The van der Waals surface area contributed by atoms with Crippen molar-refractivity contribution in [2.45, 2.75) is 39.7 Å². The predicted octanol–water partition coefficient (Wildman–Crippen LogP) is 2.60. The van der Waals surface area contributed by atoms with Gasteiger partial charge in [0.25, 0.3) is 0 Å². The Morgan fingerprint density at radius 1 is 1.40 bits per heavy atom. The standard InChI is InChI=1S/C11H20BrN3/c1-3-7-13-8-5-6-11-10(12)9-14-15(11)4-2/h9,13H,3-8H2,1-2H3. The van der Waals surface area contributed by atoms with Crippen molar-refractivity contribution >= 4 is 15.9 Å². The Hall–Kier alpha value is -0.350. The van der Waals surface area contributed by atoms with Crippen molar-refractivity contribution < 1.29 is 0 Å². The summed E-state index contributed by atoms with van der Waals surface area (Å²) in [6.45, 7) is 7.47. The van der Waals surface area contributed by atoms with E-state index in [4.69, 9.17) is 0 Å². The molecule has 0 spiro atoms. The van der Waals surface area contributed by atoms with Gasteiger partial charge in [0.05, 0.1) is 16.4 Å². The first-order valence-electron chi connectivity index (χ1n) is 5.70. The molecule has 3 nitrogen and oxygen atoms in total. The van der Waals surface area contributed by atoms with Crippen LogP contribution >= 0.6 is 15.9 Å². The largest absolute Gasteiger partial charge is 0.317 e. The Kier molecular flexibility index (Phi) is 5.95. The second kappa shape index (κ2) is 7.01. The van der Waals surface area contributed by atoms with Crippen LogP contribution in [0.2, 0.25) is 0 Å². The first-order chi connectivity index (χ1) is 7.29. The van der Waals surface area contributed by atoms with Crippen LogP contribution < -0.4 is 5.32 Å². The van der Waals surface area contributed by atoms with Crippen molar-refractivity contribution in [1.29, 1.82) is 0 Å². The molecule has 0 aliphatic heterocycles. The minimum absolute atomic E-state index is 0.948. The molecule has 0 unspecified atom stereocenters. The van der Waals surface area contributed by atoms with E-state index in [1.807, 2.05) is 6.20 Å². The van der Waals surface area contributed by atoms with Crippen molar-refractivity contribution in [2.24, 2.45) is 0 Å². The van der Waals surface area contributed by atoms with Crippen LogP contribution in [-0.2, 0) is 13.0 Å². The molecule has 1 aromatic heterocycles. The number of hydrogen-bond acceptors (Lipinski definition) is 2. The SMILES string of the molecule is CCCNCCCc1c(Br)cnn1CC. The molecule has 0 aliphatic carbocycles. The van der Waals surface area contributed by atoms with Gasteiger partial charge >= 0.3 is 0 Å². The summed E-state index contributed by atoms with van der Waals surface area (Å²) in [6, 6.07) is 0. The fourth-order valence-corrected chi connectivity index (χ4v) is 2.09. The van der Waals surface area contributed by atoms with Crippen molar-refractivity contribution in [3.8, 4) is 0 Å². The zero-order valence-corrected chi connectivity index (χ0v) is 11.2. The molecule has 15 heavy (non-hydrogen) atoms. The highest BCUT2D eigenvalue weighted by Crippen LogP contribution is 2.17. The third-order valence-corrected chi connectivity index (χ3v) is 3.05. The molecule has 1 aromatic rings. The van der Waals surface area contributed by atoms with Crippen LogP contribution in [0.5, 0.6) is 0 Å². The Balaban J connectivity index is 2.33. The van der Waals surface area contributed by atoms with E-state index in [-0.39, 0.29) is 0 Å². The molecule has 0 saturated heterocycles. The predicted molar refractivity (Wildman–Crippen MR) is 67.1 cm³/mol. The maximum absolute atomic E-state index is 4.30. The second-order valence-corrected chi connectivity index (χ2v) is 4.46. The van der Waals surface area contributed by atoms with Crippen LogP contribution in [0.3, 0.4) is 0 Å². The maximum atomic E-state index is 4.30. The summed E-state index contributed by atoms with van der Waals surface area (Å²) < 4.78 is 3.20. The molecule has 0 fully saturated rings. The summed E-state index contributed by atoms with van der Waals surface area (Å²) in [5.41, 5.74) is 1.32. The van der Waals surface area contributed by atoms with Crippen LogP contribution in [0.25, 0.3) is 0 Å². The maximum Gasteiger partial charge on any atom is 0.0635 e. The monoisotopic (exact) mass is 273 g/mol. The summed E-state index contributed by atoms with van der Waals surface area (Å²) in [5.74, 6) is 0. The van der Waals surface area contributed by atoms with E-state index >= 15 is 0 Å². The van der Waals surface area contributed by atoms with Gasteiger partial charge in [-0.1, -0.05) is 6.92 Å². The molecular formula is C11H20BrN3. The average Bonchev–Trinajstić information content (AvgIpc) is 2.60. The number of rotatable bonds is 7. The third kappa shape index (κ3) is 3.95. The summed E-state index contributed by atoms with van der Waals surface area (Å²) in [4.78, 5) is 0. The minimum atomic E-state index is 0.948. The molecule has 0 aromatic carbocycles. The third-order valence-electron chi connectivity index (χ3n) is 2.39. The average molecular weight is 274 g/mol. The van der Waals surface area contributed by atoms with E-state index in [0.717, 1.165) is 30.5 Å². The molecule has 0 radical (unpaired) electrons. The van der Waals surface area contributed by atoms with Crippen molar-refractivity contribution in [1.82, 2.24) is 15.1 Å². The van der Waals surface area contributed by atoms with Crippen LogP contribution in [0.4, 0.5) is 0 Å². The molecule has 0 saturated carbocycles. The number of aromatic nitrogens is 2. The highest BCUT2D eigenvalue weighted by molar-refractivity contribution is 9.10. The molecule has 86 valence electrons. The van der Waals surface area contributed by atoms with Gasteiger partial charge in [0.2, 0.25) is 0 Å². The number of halogens is 1. The lowest BCUT2D eigenvalue weighted by molar-refractivity contribution is 0.587. The van der Waals surface area contributed by atoms with Crippen LogP contribution in [-0.4, -0.2) is 22.9 Å².